The second kappa shape index (κ2) is 10.9. The van der Waals surface area contributed by atoms with Crippen molar-refractivity contribution >= 4 is 17.5 Å². The van der Waals surface area contributed by atoms with E-state index < -0.39 is 4.92 Å². The van der Waals surface area contributed by atoms with Gasteiger partial charge in [0, 0.05) is 36.9 Å². The number of amides is 2. The van der Waals surface area contributed by atoms with Gasteiger partial charge in [-0.05, 0) is 50.5 Å². The normalized spacial score (nSPS) is 16.5. The zero-order chi connectivity index (χ0) is 23.1. The van der Waals surface area contributed by atoms with E-state index in [-0.39, 0.29) is 36.2 Å². The number of non-ortho nitro benzene ring substituents is 1. The zero-order valence-electron chi connectivity index (χ0n) is 18.4. The molecule has 1 aliphatic rings. The number of hydrogen-bond acceptors (Lipinski definition) is 6. The summed E-state index contributed by atoms with van der Waals surface area (Å²) in [6, 6.07) is 8.84. The lowest BCUT2D eigenvalue weighted by Crippen LogP contribution is -2.47. The third-order valence-corrected chi connectivity index (χ3v) is 5.74. The fourth-order valence-electron chi connectivity index (χ4n) is 3.66. The summed E-state index contributed by atoms with van der Waals surface area (Å²) in [4.78, 5) is 40.1. The molecule has 0 unspecified atom stereocenters. The molecule has 1 aliphatic heterocycles. The van der Waals surface area contributed by atoms with Crippen molar-refractivity contribution in [2.75, 3.05) is 19.7 Å². The summed E-state index contributed by atoms with van der Waals surface area (Å²) in [5.74, 6) is 0.123. The predicted octanol–water partition coefficient (Wildman–Crippen LogP) is 3.64. The Morgan fingerprint density at radius 3 is 2.56 bits per heavy atom. The minimum absolute atomic E-state index is 0.0312. The summed E-state index contributed by atoms with van der Waals surface area (Å²) in [7, 11) is 0. The van der Waals surface area contributed by atoms with Gasteiger partial charge in [0.15, 0.2) is 0 Å². The molecule has 0 saturated carbocycles. The van der Waals surface area contributed by atoms with Crippen molar-refractivity contribution in [3.05, 3.63) is 64.1 Å². The number of furan rings is 1. The van der Waals surface area contributed by atoms with E-state index in [2.05, 4.69) is 0 Å². The summed E-state index contributed by atoms with van der Waals surface area (Å²) in [5, 5.41) is 10.9. The van der Waals surface area contributed by atoms with Crippen molar-refractivity contribution in [2.24, 2.45) is 0 Å². The molecule has 172 valence electrons. The van der Waals surface area contributed by atoms with Crippen LogP contribution in [0.25, 0.3) is 0 Å². The number of nitrogens with zero attached hydrogens (tertiary/aromatic N) is 3. The van der Waals surface area contributed by atoms with E-state index in [1.54, 1.807) is 17.2 Å². The molecule has 32 heavy (non-hydrogen) atoms. The van der Waals surface area contributed by atoms with Gasteiger partial charge < -0.3 is 19.0 Å². The molecule has 9 heteroatoms. The Hall–Kier alpha value is -3.20. The fraction of sp³-hybridized carbons (Fsp3) is 0.478. The summed E-state index contributed by atoms with van der Waals surface area (Å²) >= 11 is 0. The first-order chi connectivity index (χ1) is 15.4. The van der Waals surface area contributed by atoms with Gasteiger partial charge in [-0.25, -0.2) is 0 Å². The van der Waals surface area contributed by atoms with E-state index in [1.807, 2.05) is 19.9 Å². The van der Waals surface area contributed by atoms with Crippen LogP contribution in [0.1, 0.15) is 49.2 Å². The van der Waals surface area contributed by atoms with Crippen LogP contribution in [0.5, 0.6) is 0 Å². The lowest BCUT2D eigenvalue weighted by Gasteiger charge is -2.32. The number of nitro groups is 1. The van der Waals surface area contributed by atoms with Gasteiger partial charge in [0.25, 0.3) is 11.6 Å². The van der Waals surface area contributed by atoms with E-state index in [1.165, 1.54) is 29.2 Å². The SMILES string of the molecule is CC[C@H](C)N(CC(=O)N(Cc1ccco1)C[C@H]1CCCO1)C(=O)c1ccc([N+](=O)[O-])cc1. The number of hydrogen-bond donors (Lipinski definition) is 0. The van der Waals surface area contributed by atoms with Gasteiger partial charge in [-0.3, -0.25) is 19.7 Å². The Morgan fingerprint density at radius 2 is 2.00 bits per heavy atom. The third kappa shape index (κ3) is 5.94. The second-order valence-electron chi connectivity index (χ2n) is 7.98. The molecule has 2 heterocycles. The minimum Gasteiger partial charge on any atom is -0.467 e. The molecule has 0 bridgehead atoms. The number of carbonyl (C=O) groups is 2. The lowest BCUT2D eigenvalue weighted by atomic mass is 10.1. The van der Waals surface area contributed by atoms with Crippen LogP contribution in [-0.2, 0) is 16.1 Å². The van der Waals surface area contributed by atoms with Gasteiger partial charge in [0.05, 0.1) is 23.8 Å². The van der Waals surface area contributed by atoms with E-state index in [9.17, 15) is 19.7 Å². The van der Waals surface area contributed by atoms with Crippen molar-refractivity contribution < 1.29 is 23.7 Å². The highest BCUT2D eigenvalue weighted by molar-refractivity contribution is 5.97. The summed E-state index contributed by atoms with van der Waals surface area (Å²) < 4.78 is 11.1. The first-order valence-electron chi connectivity index (χ1n) is 10.9. The maximum Gasteiger partial charge on any atom is 0.269 e. The van der Waals surface area contributed by atoms with E-state index in [4.69, 9.17) is 9.15 Å². The molecule has 2 atom stereocenters. The highest BCUT2D eigenvalue weighted by Gasteiger charge is 2.28. The summed E-state index contributed by atoms with van der Waals surface area (Å²) in [5.41, 5.74) is 0.217. The monoisotopic (exact) mass is 443 g/mol. The molecule has 1 aromatic heterocycles. The maximum absolute atomic E-state index is 13.3. The van der Waals surface area contributed by atoms with Gasteiger partial charge in [-0.2, -0.15) is 0 Å². The number of rotatable bonds is 10. The van der Waals surface area contributed by atoms with Crippen LogP contribution in [-0.4, -0.2) is 58.4 Å². The largest absolute Gasteiger partial charge is 0.467 e. The van der Waals surface area contributed by atoms with E-state index >= 15 is 0 Å². The van der Waals surface area contributed by atoms with Crippen LogP contribution in [0, 0.1) is 10.1 Å². The third-order valence-electron chi connectivity index (χ3n) is 5.74. The zero-order valence-corrected chi connectivity index (χ0v) is 18.4. The average molecular weight is 444 g/mol. The predicted molar refractivity (Wildman–Crippen MR) is 117 cm³/mol. The quantitative estimate of drug-likeness (QED) is 0.410. The smallest absolute Gasteiger partial charge is 0.269 e. The second-order valence-corrected chi connectivity index (χ2v) is 7.98. The Balaban J connectivity index is 1.77. The van der Waals surface area contributed by atoms with E-state index in [0.717, 1.165) is 12.8 Å². The van der Waals surface area contributed by atoms with Crippen LogP contribution in [0.4, 0.5) is 5.69 Å². The van der Waals surface area contributed by atoms with Crippen LogP contribution in [0.3, 0.4) is 0 Å². The average Bonchev–Trinajstić information content (AvgIpc) is 3.50. The molecule has 3 rings (SSSR count). The summed E-state index contributed by atoms with van der Waals surface area (Å²) in [6.45, 7) is 5.14. The standard InChI is InChI=1S/C23H29N3O6/c1-3-17(2)25(23(28)18-8-10-19(11-9-18)26(29)30)16-22(27)24(14-20-6-4-12-31-20)15-21-7-5-13-32-21/h4,6,8-12,17,21H,3,5,7,13-16H2,1-2H3/t17-,21+/m0/s1. The van der Waals surface area contributed by atoms with E-state index in [0.29, 0.717) is 37.4 Å². The molecular weight excluding hydrogens is 414 g/mol. The van der Waals surface area contributed by atoms with Gasteiger partial charge in [-0.1, -0.05) is 6.92 Å². The van der Waals surface area contributed by atoms with Gasteiger partial charge in [0.2, 0.25) is 5.91 Å². The number of benzene rings is 1. The van der Waals surface area contributed by atoms with Crippen molar-refractivity contribution in [2.45, 2.75) is 51.8 Å². The maximum atomic E-state index is 13.3. The number of nitro benzene ring substituents is 1. The molecular formula is C23H29N3O6. The van der Waals surface area contributed by atoms with Crippen LogP contribution in [0.2, 0.25) is 0 Å². The van der Waals surface area contributed by atoms with Gasteiger partial charge in [-0.15, -0.1) is 0 Å². The molecule has 0 aliphatic carbocycles. The van der Waals surface area contributed by atoms with Crippen molar-refractivity contribution in [1.29, 1.82) is 0 Å². The Labute approximate surface area is 187 Å². The van der Waals surface area contributed by atoms with Gasteiger partial charge >= 0.3 is 0 Å². The fourth-order valence-corrected chi connectivity index (χ4v) is 3.66. The first kappa shape index (κ1) is 23.5. The topological polar surface area (TPSA) is 106 Å². The lowest BCUT2D eigenvalue weighted by molar-refractivity contribution is -0.384. The molecule has 9 nitrogen and oxygen atoms in total. The molecule has 1 saturated heterocycles. The Kier molecular flexibility index (Phi) is 7.99. The molecule has 1 aromatic carbocycles. The molecule has 0 N–H and O–H groups in total. The van der Waals surface area contributed by atoms with Crippen molar-refractivity contribution in [3.8, 4) is 0 Å². The molecule has 2 amide bonds. The van der Waals surface area contributed by atoms with Crippen LogP contribution < -0.4 is 0 Å². The Bertz CT molecular complexity index is 906. The van der Waals surface area contributed by atoms with Crippen LogP contribution in [0.15, 0.2) is 47.1 Å². The number of ether oxygens (including phenoxy) is 1. The minimum atomic E-state index is -0.512. The molecule has 0 spiro atoms. The van der Waals surface area contributed by atoms with Crippen molar-refractivity contribution in [1.82, 2.24) is 9.80 Å². The van der Waals surface area contributed by atoms with Crippen LogP contribution >= 0.6 is 0 Å². The first-order valence-corrected chi connectivity index (χ1v) is 10.9. The molecule has 1 fully saturated rings. The number of carbonyl (C=O) groups excluding carboxylic acids is 2. The van der Waals surface area contributed by atoms with Crippen molar-refractivity contribution in [3.63, 3.8) is 0 Å². The highest BCUT2D eigenvalue weighted by atomic mass is 16.6. The molecule has 0 radical (unpaired) electrons. The highest BCUT2D eigenvalue weighted by Crippen LogP contribution is 2.19. The summed E-state index contributed by atoms with van der Waals surface area (Å²) in [6.07, 6.45) is 4.05. The molecule has 2 aromatic rings. The van der Waals surface area contributed by atoms with Gasteiger partial charge in [0.1, 0.15) is 12.3 Å². The Morgan fingerprint density at radius 1 is 1.25 bits per heavy atom.